The molecule has 0 atom stereocenters. The Morgan fingerprint density at radius 2 is 1.62 bits per heavy atom. The van der Waals surface area contributed by atoms with Crippen molar-refractivity contribution < 1.29 is 33.3 Å². The molecule has 2 rings (SSSR count). The first-order valence-corrected chi connectivity index (χ1v) is 9.82. The summed E-state index contributed by atoms with van der Waals surface area (Å²) < 4.78 is 26.6. The second-order valence-electron chi connectivity index (χ2n) is 5.73. The second kappa shape index (κ2) is 12.2. The lowest BCUT2D eigenvalue weighted by Crippen LogP contribution is -2.11. The molecule has 0 aliphatic heterocycles. The molecule has 0 aromatic heterocycles. The van der Waals surface area contributed by atoms with Crippen LogP contribution in [0.4, 0.5) is 0 Å². The van der Waals surface area contributed by atoms with Gasteiger partial charge in [0.25, 0.3) is 0 Å². The van der Waals surface area contributed by atoms with Crippen molar-refractivity contribution in [3.05, 3.63) is 58.1 Å². The zero-order chi connectivity index (χ0) is 21.1. The number of carbonyl (C=O) groups excluding carboxylic acids is 2. The second-order valence-corrected chi connectivity index (χ2v) is 6.59. The highest BCUT2D eigenvalue weighted by Crippen LogP contribution is 2.26. The van der Waals surface area contributed by atoms with Gasteiger partial charge >= 0.3 is 11.9 Å². The van der Waals surface area contributed by atoms with Crippen molar-refractivity contribution in [2.75, 3.05) is 40.1 Å². The first-order chi connectivity index (χ1) is 14.0. The van der Waals surface area contributed by atoms with Crippen LogP contribution in [0.1, 0.15) is 27.6 Å². The molecule has 0 aliphatic carbocycles. The van der Waals surface area contributed by atoms with E-state index in [1.807, 2.05) is 6.92 Å². The van der Waals surface area contributed by atoms with Crippen LogP contribution in [-0.4, -0.2) is 52.1 Å². The summed E-state index contributed by atoms with van der Waals surface area (Å²) in [7, 11) is 1.59. The summed E-state index contributed by atoms with van der Waals surface area (Å²) in [5.74, 6) is -0.0695. The van der Waals surface area contributed by atoms with Gasteiger partial charge in [-0.25, -0.2) is 9.59 Å². The van der Waals surface area contributed by atoms with Crippen LogP contribution in [0, 0.1) is 0 Å². The Labute approximate surface area is 178 Å². The number of esters is 2. The number of hydrogen-bond donors (Lipinski definition) is 0. The molecule has 0 amide bonds. The van der Waals surface area contributed by atoms with Crippen LogP contribution >= 0.6 is 15.9 Å². The number of carbonyl (C=O) groups is 2. The monoisotopic (exact) mass is 466 g/mol. The molecule has 0 bridgehead atoms. The number of ether oxygens (including phenoxy) is 5. The SMILES string of the molecule is CCOCCOC(=O)c1ccc(OC(=O)c2ccc(OCCOC)c(Br)c2)cc1. The van der Waals surface area contributed by atoms with E-state index in [0.717, 1.165) is 0 Å². The fourth-order valence-corrected chi connectivity index (χ4v) is 2.72. The average Bonchev–Trinajstić information content (AvgIpc) is 2.73. The molecule has 0 fully saturated rings. The van der Waals surface area contributed by atoms with E-state index in [1.165, 1.54) is 24.3 Å². The van der Waals surface area contributed by atoms with E-state index in [4.69, 9.17) is 23.7 Å². The van der Waals surface area contributed by atoms with Crippen LogP contribution < -0.4 is 9.47 Å². The Morgan fingerprint density at radius 1 is 0.897 bits per heavy atom. The third-order valence-electron chi connectivity index (χ3n) is 3.68. The molecule has 0 saturated carbocycles. The summed E-state index contributed by atoms with van der Waals surface area (Å²) in [6.45, 7) is 3.84. The van der Waals surface area contributed by atoms with Gasteiger partial charge in [-0.3, -0.25) is 0 Å². The van der Waals surface area contributed by atoms with Gasteiger partial charge in [-0.1, -0.05) is 0 Å². The lowest BCUT2D eigenvalue weighted by molar-refractivity contribution is 0.0335. The number of benzene rings is 2. The van der Waals surface area contributed by atoms with Gasteiger partial charge in [0.15, 0.2) is 0 Å². The van der Waals surface area contributed by atoms with Crippen molar-refractivity contribution in [2.45, 2.75) is 6.92 Å². The molecule has 2 aromatic carbocycles. The third kappa shape index (κ3) is 7.49. The minimum absolute atomic E-state index is 0.184. The van der Waals surface area contributed by atoms with Crippen molar-refractivity contribution in [3.8, 4) is 11.5 Å². The average molecular weight is 467 g/mol. The van der Waals surface area contributed by atoms with Gasteiger partial charge in [0, 0.05) is 13.7 Å². The highest BCUT2D eigenvalue weighted by atomic mass is 79.9. The summed E-state index contributed by atoms with van der Waals surface area (Å²) in [6.07, 6.45) is 0. The van der Waals surface area contributed by atoms with Gasteiger partial charge in [-0.05, 0) is 65.3 Å². The molecule has 29 heavy (non-hydrogen) atoms. The predicted octanol–water partition coefficient (Wildman–Crippen LogP) is 3.89. The first-order valence-electron chi connectivity index (χ1n) is 9.03. The Kier molecular flexibility index (Phi) is 9.63. The van der Waals surface area contributed by atoms with Gasteiger partial charge in [-0.15, -0.1) is 0 Å². The van der Waals surface area contributed by atoms with E-state index < -0.39 is 11.9 Å². The molecule has 0 aliphatic rings. The smallest absolute Gasteiger partial charge is 0.343 e. The maximum absolute atomic E-state index is 12.4. The van der Waals surface area contributed by atoms with Gasteiger partial charge in [0.2, 0.25) is 0 Å². The molecule has 0 saturated heterocycles. The third-order valence-corrected chi connectivity index (χ3v) is 4.30. The maximum Gasteiger partial charge on any atom is 0.343 e. The molecule has 0 heterocycles. The summed E-state index contributed by atoms with van der Waals surface area (Å²) in [6, 6.07) is 11.1. The van der Waals surface area contributed by atoms with Crippen LogP contribution in [-0.2, 0) is 14.2 Å². The number of rotatable bonds is 11. The van der Waals surface area contributed by atoms with E-state index in [2.05, 4.69) is 15.9 Å². The van der Waals surface area contributed by atoms with Gasteiger partial charge in [0.1, 0.15) is 24.7 Å². The molecule has 0 radical (unpaired) electrons. The predicted molar refractivity (Wildman–Crippen MR) is 110 cm³/mol. The van der Waals surface area contributed by atoms with Crippen molar-refractivity contribution in [2.24, 2.45) is 0 Å². The minimum Gasteiger partial charge on any atom is -0.490 e. The largest absolute Gasteiger partial charge is 0.490 e. The Hall–Kier alpha value is -2.42. The fraction of sp³-hybridized carbons (Fsp3) is 0.333. The van der Waals surface area contributed by atoms with Crippen LogP contribution in [0.2, 0.25) is 0 Å². The maximum atomic E-state index is 12.4. The van der Waals surface area contributed by atoms with Crippen LogP contribution in [0.25, 0.3) is 0 Å². The molecular formula is C21H23BrO7. The van der Waals surface area contributed by atoms with Crippen molar-refractivity contribution in [1.29, 1.82) is 0 Å². The summed E-state index contributed by atoms with van der Waals surface area (Å²) >= 11 is 3.37. The van der Waals surface area contributed by atoms with Crippen molar-refractivity contribution in [1.82, 2.24) is 0 Å². The van der Waals surface area contributed by atoms with Crippen molar-refractivity contribution >= 4 is 27.9 Å². The van der Waals surface area contributed by atoms with Crippen molar-refractivity contribution in [3.63, 3.8) is 0 Å². The van der Waals surface area contributed by atoms with Gasteiger partial charge in [-0.2, -0.15) is 0 Å². The van der Waals surface area contributed by atoms with E-state index in [1.54, 1.807) is 25.3 Å². The summed E-state index contributed by atoms with van der Waals surface area (Å²) in [4.78, 5) is 24.3. The van der Waals surface area contributed by atoms with Crippen LogP contribution in [0.15, 0.2) is 46.9 Å². The lowest BCUT2D eigenvalue weighted by atomic mass is 10.2. The highest BCUT2D eigenvalue weighted by molar-refractivity contribution is 9.10. The summed E-state index contributed by atoms with van der Waals surface area (Å²) in [5, 5.41) is 0. The van der Waals surface area contributed by atoms with E-state index in [0.29, 0.717) is 53.5 Å². The zero-order valence-electron chi connectivity index (χ0n) is 16.3. The molecule has 156 valence electrons. The number of methoxy groups -OCH3 is 1. The molecule has 0 unspecified atom stereocenters. The molecule has 0 spiro atoms. The number of hydrogen-bond acceptors (Lipinski definition) is 7. The van der Waals surface area contributed by atoms with Crippen LogP contribution in [0.3, 0.4) is 0 Å². The standard InChI is InChI=1S/C21H23BrO7/c1-3-26-11-13-28-20(23)15-4-7-17(8-5-15)29-21(24)16-6-9-19(18(22)14-16)27-12-10-25-2/h4-9,14H,3,10-13H2,1-2H3. The number of halogens is 1. The quantitative estimate of drug-likeness (QED) is 0.282. The fourth-order valence-electron chi connectivity index (χ4n) is 2.23. The van der Waals surface area contributed by atoms with E-state index in [-0.39, 0.29) is 6.61 Å². The molecule has 8 heteroatoms. The topological polar surface area (TPSA) is 80.3 Å². The molecular weight excluding hydrogens is 444 g/mol. The Bertz CT molecular complexity index is 805. The van der Waals surface area contributed by atoms with Gasteiger partial charge in [0.05, 0.1) is 28.8 Å². The Balaban J connectivity index is 1.91. The first kappa shape index (κ1) is 22.9. The summed E-state index contributed by atoms with van der Waals surface area (Å²) in [5.41, 5.74) is 0.719. The highest BCUT2D eigenvalue weighted by Gasteiger charge is 2.13. The molecule has 0 N–H and O–H groups in total. The zero-order valence-corrected chi connectivity index (χ0v) is 17.9. The van der Waals surface area contributed by atoms with E-state index in [9.17, 15) is 9.59 Å². The molecule has 7 nitrogen and oxygen atoms in total. The lowest BCUT2D eigenvalue weighted by Gasteiger charge is -2.10. The van der Waals surface area contributed by atoms with Gasteiger partial charge < -0.3 is 23.7 Å². The normalized spacial score (nSPS) is 10.4. The molecule has 2 aromatic rings. The minimum atomic E-state index is -0.527. The van der Waals surface area contributed by atoms with Crippen LogP contribution in [0.5, 0.6) is 11.5 Å². The van der Waals surface area contributed by atoms with E-state index >= 15 is 0 Å². The Morgan fingerprint density at radius 3 is 2.28 bits per heavy atom.